The molecule has 0 aromatic carbocycles. The van der Waals surface area contributed by atoms with Gasteiger partial charge in [-0.2, -0.15) is 0 Å². The van der Waals surface area contributed by atoms with Crippen LogP contribution in [0, 0.1) is 5.92 Å². The van der Waals surface area contributed by atoms with Crippen LogP contribution in [0.4, 0.5) is 4.39 Å². The standard InChI is InChI=1S/C18H31BFN3O2/c1-16(2,3)23-13-10-8-7-9-12(11-14(24)25-17(4,5)6)18(19,20)15(13)21-22-23/h12H,7-11,19H2,1-6H3. The summed E-state index contributed by atoms with van der Waals surface area (Å²) in [5.74, 6) is -0.807. The maximum absolute atomic E-state index is 15.8. The van der Waals surface area contributed by atoms with Gasteiger partial charge in [0.2, 0.25) is 0 Å². The molecule has 0 radical (unpaired) electrons. The van der Waals surface area contributed by atoms with Crippen molar-refractivity contribution in [2.75, 3.05) is 0 Å². The van der Waals surface area contributed by atoms with Crippen LogP contribution in [0.2, 0.25) is 0 Å². The SMILES string of the molecule is BC1(F)c2nnn(C(C)(C)C)c2CCCCC1CC(=O)OC(C)(C)C. The highest BCUT2D eigenvalue weighted by atomic mass is 19.1. The molecule has 0 spiro atoms. The van der Waals surface area contributed by atoms with Crippen molar-refractivity contribution in [2.24, 2.45) is 5.92 Å². The molecule has 0 amide bonds. The van der Waals surface area contributed by atoms with Gasteiger partial charge in [0.1, 0.15) is 16.9 Å². The van der Waals surface area contributed by atoms with Gasteiger partial charge in [0.15, 0.2) is 7.85 Å². The zero-order valence-corrected chi connectivity index (χ0v) is 16.6. The lowest BCUT2D eigenvalue weighted by molar-refractivity contribution is -0.157. The van der Waals surface area contributed by atoms with E-state index in [4.69, 9.17) is 4.74 Å². The molecule has 1 aromatic rings. The van der Waals surface area contributed by atoms with Crippen molar-refractivity contribution in [1.29, 1.82) is 0 Å². The molecule has 140 valence electrons. The maximum atomic E-state index is 15.8. The Morgan fingerprint density at radius 3 is 2.52 bits per heavy atom. The fourth-order valence-corrected chi connectivity index (χ4v) is 3.47. The Bertz CT molecular complexity index is 629. The number of nitrogens with zero attached hydrogens (tertiary/aromatic N) is 3. The zero-order chi connectivity index (χ0) is 19.0. The maximum Gasteiger partial charge on any atom is 0.306 e. The van der Waals surface area contributed by atoms with Gasteiger partial charge >= 0.3 is 5.97 Å². The number of carbonyl (C=O) groups is 1. The second-order valence-corrected chi connectivity index (χ2v) is 9.28. The van der Waals surface area contributed by atoms with E-state index in [2.05, 4.69) is 10.3 Å². The van der Waals surface area contributed by atoms with E-state index in [1.807, 2.05) is 46.2 Å². The van der Waals surface area contributed by atoms with Crippen LogP contribution in [-0.4, -0.2) is 34.4 Å². The Morgan fingerprint density at radius 1 is 1.32 bits per heavy atom. The first-order valence-electron chi connectivity index (χ1n) is 9.18. The molecule has 5 nitrogen and oxygen atoms in total. The summed E-state index contributed by atoms with van der Waals surface area (Å²) in [6, 6.07) is 0. The number of rotatable bonds is 2. The van der Waals surface area contributed by atoms with Crippen LogP contribution in [0.15, 0.2) is 0 Å². The highest BCUT2D eigenvalue weighted by molar-refractivity contribution is 6.15. The number of ether oxygens (including phenoxy) is 1. The third-order valence-electron chi connectivity index (χ3n) is 4.68. The summed E-state index contributed by atoms with van der Waals surface area (Å²) in [5.41, 5.74) is -1.28. The van der Waals surface area contributed by atoms with Crippen LogP contribution in [0.5, 0.6) is 0 Å². The number of aromatic nitrogens is 3. The highest BCUT2D eigenvalue weighted by Gasteiger charge is 2.43. The van der Waals surface area contributed by atoms with Crippen LogP contribution in [-0.2, 0) is 27.1 Å². The Morgan fingerprint density at radius 2 is 1.96 bits per heavy atom. The summed E-state index contributed by atoms with van der Waals surface area (Å²) in [7, 11) is 1.54. The van der Waals surface area contributed by atoms with Gasteiger partial charge in [0.05, 0.1) is 17.7 Å². The van der Waals surface area contributed by atoms with Crippen LogP contribution in [0.3, 0.4) is 0 Å². The first-order chi connectivity index (χ1) is 11.3. The molecule has 0 N–H and O–H groups in total. The third kappa shape index (κ3) is 4.61. The molecular weight excluding hydrogens is 320 g/mol. The minimum atomic E-state index is -1.70. The largest absolute Gasteiger partial charge is 0.460 e. The van der Waals surface area contributed by atoms with Crippen molar-refractivity contribution in [3.05, 3.63) is 11.4 Å². The third-order valence-corrected chi connectivity index (χ3v) is 4.68. The number of alkyl halides is 1. The lowest BCUT2D eigenvalue weighted by Crippen LogP contribution is -2.37. The molecule has 1 aromatic heterocycles. The number of halogens is 1. The van der Waals surface area contributed by atoms with Crippen LogP contribution < -0.4 is 0 Å². The molecule has 0 saturated carbocycles. The van der Waals surface area contributed by atoms with Crippen molar-refractivity contribution in [3.63, 3.8) is 0 Å². The van der Waals surface area contributed by atoms with Gasteiger partial charge < -0.3 is 4.74 Å². The second-order valence-electron chi connectivity index (χ2n) is 9.28. The predicted octanol–water partition coefficient (Wildman–Crippen LogP) is 2.86. The summed E-state index contributed by atoms with van der Waals surface area (Å²) >= 11 is 0. The second kappa shape index (κ2) is 6.73. The summed E-state index contributed by atoms with van der Waals surface area (Å²) in [4.78, 5) is 12.3. The van der Waals surface area contributed by atoms with Crippen molar-refractivity contribution in [3.8, 4) is 0 Å². The van der Waals surface area contributed by atoms with Gasteiger partial charge in [-0.25, -0.2) is 9.07 Å². The molecule has 0 aliphatic heterocycles. The van der Waals surface area contributed by atoms with Crippen LogP contribution in [0.25, 0.3) is 0 Å². The van der Waals surface area contributed by atoms with Gasteiger partial charge in [-0.3, -0.25) is 4.79 Å². The van der Waals surface area contributed by atoms with Crippen molar-refractivity contribution in [2.45, 2.75) is 90.4 Å². The normalized spacial score (nSPS) is 25.0. The fourth-order valence-electron chi connectivity index (χ4n) is 3.47. The summed E-state index contributed by atoms with van der Waals surface area (Å²) < 4.78 is 23.1. The average Bonchev–Trinajstić information content (AvgIpc) is 2.82. The van der Waals surface area contributed by atoms with Crippen molar-refractivity contribution < 1.29 is 13.9 Å². The Balaban J connectivity index is 2.33. The van der Waals surface area contributed by atoms with Gasteiger partial charge in [0, 0.05) is 5.92 Å². The molecular formula is C18H31BFN3O2. The molecule has 0 fully saturated rings. The van der Waals surface area contributed by atoms with E-state index in [1.165, 1.54) is 7.85 Å². The molecule has 0 saturated heterocycles. The predicted molar refractivity (Wildman–Crippen MR) is 97.9 cm³/mol. The van der Waals surface area contributed by atoms with E-state index >= 15 is 4.39 Å². The average molecular weight is 351 g/mol. The van der Waals surface area contributed by atoms with Crippen LogP contribution >= 0.6 is 0 Å². The first-order valence-corrected chi connectivity index (χ1v) is 9.18. The molecule has 25 heavy (non-hydrogen) atoms. The van der Waals surface area contributed by atoms with Gasteiger partial charge in [0.25, 0.3) is 0 Å². The molecule has 0 bridgehead atoms. The summed E-state index contributed by atoms with van der Waals surface area (Å²) in [6.45, 7) is 11.6. The number of hydrogen-bond donors (Lipinski definition) is 0. The fraction of sp³-hybridized carbons (Fsp3) is 0.833. The van der Waals surface area contributed by atoms with Gasteiger partial charge in [-0.15, -0.1) is 5.10 Å². The van der Waals surface area contributed by atoms with E-state index in [0.717, 1.165) is 25.0 Å². The molecule has 2 rings (SSSR count). The minimum Gasteiger partial charge on any atom is -0.460 e. The molecule has 2 atom stereocenters. The molecule has 1 aliphatic carbocycles. The van der Waals surface area contributed by atoms with Crippen molar-refractivity contribution in [1.82, 2.24) is 15.0 Å². The minimum absolute atomic E-state index is 0.0616. The van der Waals surface area contributed by atoms with Crippen molar-refractivity contribution >= 4 is 13.8 Å². The smallest absolute Gasteiger partial charge is 0.306 e. The Hall–Kier alpha value is -1.40. The highest BCUT2D eigenvalue weighted by Crippen LogP contribution is 2.40. The lowest BCUT2D eigenvalue weighted by atomic mass is 9.66. The van der Waals surface area contributed by atoms with Gasteiger partial charge in [-0.1, -0.05) is 11.6 Å². The zero-order valence-electron chi connectivity index (χ0n) is 16.6. The van der Waals surface area contributed by atoms with E-state index in [-0.39, 0.29) is 17.9 Å². The van der Waals surface area contributed by atoms with E-state index < -0.39 is 17.1 Å². The number of hydrogen-bond acceptors (Lipinski definition) is 4. The lowest BCUT2D eigenvalue weighted by Gasteiger charge is -2.33. The summed E-state index contributed by atoms with van der Waals surface area (Å²) in [5, 5.41) is 8.43. The molecule has 1 aliphatic rings. The van der Waals surface area contributed by atoms with E-state index in [0.29, 0.717) is 12.1 Å². The van der Waals surface area contributed by atoms with Crippen LogP contribution in [0.1, 0.15) is 78.6 Å². The quantitative estimate of drug-likeness (QED) is 0.607. The van der Waals surface area contributed by atoms with E-state index in [1.54, 1.807) is 0 Å². The van der Waals surface area contributed by atoms with Gasteiger partial charge in [-0.05, 0) is 60.8 Å². The Kier molecular flexibility index (Phi) is 5.36. The number of esters is 1. The monoisotopic (exact) mass is 351 g/mol. The van der Waals surface area contributed by atoms with E-state index in [9.17, 15) is 4.79 Å². The first kappa shape index (κ1) is 19.9. The summed E-state index contributed by atoms with van der Waals surface area (Å²) in [6.07, 6.45) is 3.29. The number of carbonyl (C=O) groups excluding carboxylic acids is 1. The molecule has 7 heteroatoms. The molecule has 1 heterocycles. The topological polar surface area (TPSA) is 57.0 Å². The number of fused-ring (bicyclic) bond motifs is 1. The molecule has 2 unspecified atom stereocenters. The Labute approximate surface area is 151 Å².